The van der Waals surface area contributed by atoms with Crippen molar-refractivity contribution in [1.82, 2.24) is 5.32 Å². The number of hydrogen-bond acceptors (Lipinski definition) is 2. The third-order valence-electron chi connectivity index (χ3n) is 4.28. The molecule has 1 aliphatic carbocycles. The van der Waals surface area contributed by atoms with Gasteiger partial charge in [-0.1, -0.05) is 33.1 Å². The second kappa shape index (κ2) is 6.25. The van der Waals surface area contributed by atoms with Crippen LogP contribution in [0.25, 0.3) is 0 Å². The lowest BCUT2D eigenvalue weighted by Crippen LogP contribution is -2.49. The van der Waals surface area contributed by atoms with Crippen LogP contribution < -0.4 is 5.32 Å². The molecule has 92 valence electrons. The molecule has 0 aromatic rings. The Morgan fingerprint density at radius 1 is 1.19 bits per heavy atom. The van der Waals surface area contributed by atoms with Crippen molar-refractivity contribution in [3.8, 4) is 6.07 Å². The smallest absolute Gasteiger partial charge is 0.0672 e. The maximum atomic E-state index is 9.24. The molecule has 1 N–H and O–H groups in total. The maximum absolute atomic E-state index is 9.24. The molecule has 2 unspecified atom stereocenters. The first-order valence-electron chi connectivity index (χ1n) is 6.82. The van der Waals surface area contributed by atoms with E-state index in [9.17, 15) is 5.26 Å². The zero-order valence-corrected chi connectivity index (χ0v) is 11.1. The number of nitriles is 1. The Labute approximate surface area is 100 Å². The van der Waals surface area contributed by atoms with Crippen LogP contribution in [-0.4, -0.2) is 11.6 Å². The van der Waals surface area contributed by atoms with Crippen LogP contribution in [0.2, 0.25) is 0 Å². The Morgan fingerprint density at radius 3 is 2.38 bits per heavy atom. The number of rotatable bonds is 4. The summed E-state index contributed by atoms with van der Waals surface area (Å²) in [5.41, 5.74) is 0.212. The van der Waals surface area contributed by atoms with Crippen molar-refractivity contribution in [2.24, 2.45) is 5.92 Å². The summed E-state index contributed by atoms with van der Waals surface area (Å²) in [4.78, 5) is 0. The zero-order valence-electron chi connectivity index (χ0n) is 11.1. The van der Waals surface area contributed by atoms with Gasteiger partial charge in [-0.25, -0.2) is 0 Å². The highest BCUT2D eigenvalue weighted by molar-refractivity contribution is 4.97. The van der Waals surface area contributed by atoms with Gasteiger partial charge in [-0.05, 0) is 32.6 Å². The van der Waals surface area contributed by atoms with E-state index in [1.54, 1.807) is 0 Å². The summed E-state index contributed by atoms with van der Waals surface area (Å²) < 4.78 is 0. The first kappa shape index (κ1) is 13.5. The molecule has 1 aliphatic rings. The predicted octanol–water partition coefficient (Wildman–Crippen LogP) is 3.63. The zero-order chi connectivity index (χ0) is 12.0. The first-order valence-corrected chi connectivity index (χ1v) is 6.82. The lowest BCUT2D eigenvalue weighted by atomic mass is 9.89. The highest BCUT2D eigenvalue weighted by Crippen LogP contribution is 2.26. The fourth-order valence-corrected chi connectivity index (χ4v) is 2.54. The number of nitrogens with one attached hydrogen (secondary N) is 1. The molecule has 1 fully saturated rings. The van der Waals surface area contributed by atoms with Gasteiger partial charge in [0.05, 0.1) is 12.0 Å². The van der Waals surface area contributed by atoms with Crippen molar-refractivity contribution in [2.45, 2.75) is 77.3 Å². The van der Waals surface area contributed by atoms with E-state index in [1.165, 1.54) is 25.7 Å². The van der Waals surface area contributed by atoms with Crippen LogP contribution in [0.1, 0.15) is 65.7 Å². The van der Waals surface area contributed by atoms with E-state index >= 15 is 0 Å². The van der Waals surface area contributed by atoms with Crippen molar-refractivity contribution in [2.75, 3.05) is 0 Å². The van der Waals surface area contributed by atoms with E-state index in [4.69, 9.17) is 0 Å². The Bertz CT molecular complexity index is 238. The average Bonchev–Trinajstić information content (AvgIpc) is 2.54. The normalized spacial score (nSPS) is 27.1. The van der Waals surface area contributed by atoms with Crippen molar-refractivity contribution >= 4 is 0 Å². The maximum Gasteiger partial charge on any atom is 0.0672 e. The van der Waals surface area contributed by atoms with Gasteiger partial charge < -0.3 is 5.32 Å². The van der Waals surface area contributed by atoms with Crippen LogP contribution in [0, 0.1) is 17.2 Å². The molecule has 0 aromatic heterocycles. The summed E-state index contributed by atoms with van der Waals surface area (Å²) in [5.74, 6) is 0.222. The van der Waals surface area contributed by atoms with Gasteiger partial charge in [0.1, 0.15) is 0 Å². The van der Waals surface area contributed by atoms with Crippen molar-refractivity contribution < 1.29 is 0 Å². The third kappa shape index (κ3) is 3.49. The quantitative estimate of drug-likeness (QED) is 0.737. The lowest BCUT2D eigenvalue weighted by Gasteiger charge is -2.35. The van der Waals surface area contributed by atoms with Gasteiger partial charge in [0.2, 0.25) is 0 Å². The molecule has 0 saturated heterocycles. The van der Waals surface area contributed by atoms with Gasteiger partial charge >= 0.3 is 0 Å². The van der Waals surface area contributed by atoms with E-state index in [1.807, 2.05) is 0 Å². The predicted molar refractivity (Wildman–Crippen MR) is 68.1 cm³/mol. The second-order valence-electron chi connectivity index (χ2n) is 5.39. The molecule has 0 radical (unpaired) electrons. The van der Waals surface area contributed by atoms with Crippen molar-refractivity contribution in [1.29, 1.82) is 5.26 Å². The van der Waals surface area contributed by atoms with E-state index < -0.39 is 0 Å². The van der Waals surface area contributed by atoms with Crippen LogP contribution in [0.15, 0.2) is 0 Å². The summed E-state index contributed by atoms with van der Waals surface area (Å²) in [7, 11) is 0. The molecule has 0 aromatic carbocycles. The van der Waals surface area contributed by atoms with Crippen LogP contribution in [0.4, 0.5) is 0 Å². The molecule has 2 atom stereocenters. The molecule has 1 rings (SSSR count). The molecule has 0 spiro atoms. The molecule has 2 nitrogen and oxygen atoms in total. The molecule has 16 heavy (non-hydrogen) atoms. The highest BCUT2D eigenvalue weighted by Gasteiger charge is 2.29. The summed E-state index contributed by atoms with van der Waals surface area (Å²) in [6.07, 6.45) is 8.33. The van der Waals surface area contributed by atoms with Crippen LogP contribution in [0.3, 0.4) is 0 Å². The van der Waals surface area contributed by atoms with Crippen molar-refractivity contribution in [3.63, 3.8) is 0 Å². The number of nitrogens with zero attached hydrogens (tertiary/aromatic N) is 1. The third-order valence-corrected chi connectivity index (χ3v) is 4.28. The van der Waals surface area contributed by atoms with E-state index in [2.05, 4.69) is 32.2 Å². The van der Waals surface area contributed by atoms with E-state index in [-0.39, 0.29) is 11.5 Å². The topological polar surface area (TPSA) is 35.8 Å². The van der Waals surface area contributed by atoms with Gasteiger partial charge in [0.15, 0.2) is 0 Å². The average molecular weight is 222 g/mol. The molecule has 0 bridgehead atoms. The largest absolute Gasteiger partial charge is 0.307 e. The van der Waals surface area contributed by atoms with Gasteiger partial charge in [-0.3, -0.25) is 0 Å². The summed E-state index contributed by atoms with van der Waals surface area (Å²) in [6, 6.07) is 2.92. The SMILES string of the molecule is CCC(C)(CC)NC1CCCCCC1C#N. The van der Waals surface area contributed by atoms with Gasteiger partial charge in [-0.2, -0.15) is 5.26 Å². The van der Waals surface area contributed by atoms with Gasteiger partial charge in [0.25, 0.3) is 0 Å². The minimum absolute atomic E-state index is 0.212. The van der Waals surface area contributed by atoms with Crippen LogP contribution in [-0.2, 0) is 0 Å². The van der Waals surface area contributed by atoms with Crippen molar-refractivity contribution in [3.05, 3.63) is 0 Å². The van der Waals surface area contributed by atoms with Crippen LogP contribution >= 0.6 is 0 Å². The van der Waals surface area contributed by atoms with E-state index in [0.29, 0.717) is 6.04 Å². The molecule has 0 amide bonds. The molecule has 0 aliphatic heterocycles. The first-order chi connectivity index (χ1) is 7.65. The fraction of sp³-hybridized carbons (Fsp3) is 0.929. The number of hydrogen-bond donors (Lipinski definition) is 1. The van der Waals surface area contributed by atoms with Gasteiger partial charge in [-0.15, -0.1) is 0 Å². The monoisotopic (exact) mass is 222 g/mol. The Morgan fingerprint density at radius 2 is 1.81 bits per heavy atom. The molecule has 1 saturated carbocycles. The summed E-state index contributed by atoms with van der Waals surface area (Å²) in [6.45, 7) is 6.75. The summed E-state index contributed by atoms with van der Waals surface area (Å²) >= 11 is 0. The Balaban J connectivity index is 2.64. The van der Waals surface area contributed by atoms with E-state index in [0.717, 1.165) is 19.3 Å². The molecular weight excluding hydrogens is 196 g/mol. The van der Waals surface area contributed by atoms with Crippen LogP contribution in [0.5, 0.6) is 0 Å². The highest BCUT2D eigenvalue weighted by atomic mass is 15.0. The molecule has 2 heteroatoms. The minimum Gasteiger partial charge on any atom is -0.307 e. The minimum atomic E-state index is 0.212. The summed E-state index contributed by atoms with van der Waals surface area (Å²) in [5, 5.41) is 13.0. The second-order valence-corrected chi connectivity index (χ2v) is 5.39. The standard InChI is InChI=1S/C14H26N2/c1-4-14(3,5-2)16-13-10-8-6-7-9-12(13)11-15/h12-13,16H,4-10H2,1-3H3. The Hall–Kier alpha value is -0.550. The van der Waals surface area contributed by atoms with Gasteiger partial charge in [0, 0.05) is 11.6 Å². The molecular formula is C14H26N2. The lowest BCUT2D eigenvalue weighted by molar-refractivity contribution is 0.251. The molecule has 0 heterocycles. The fourth-order valence-electron chi connectivity index (χ4n) is 2.54. The Kier molecular flexibility index (Phi) is 5.28.